The quantitative estimate of drug-likeness (QED) is 0.211. The van der Waals surface area contributed by atoms with E-state index in [1.165, 1.54) is 11.3 Å². The van der Waals surface area contributed by atoms with Crippen molar-refractivity contribution in [3.05, 3.63) is 12.7 Å². The van der Waals surface area contributed by atoms with E-state index in [4.69, 9.17) is 4.74 Å². The molecule has 13 heteroatoms. The molecule has 1 unspecified atom stereocenters. The van der Waals surface area contributed by atoms with E-state index in [1.807, 2.05) is 0 Å². The summed E-state index contributed by atoms with van der Waals surface area (Å²) in [5.41, 5.74) is -1.48. The summed E-state index contributed by atoms with van der Waals surface area (Å²) in [4.78, 5) is 66.6. The van der Waals surface area contributed by atoms with E-state index in [9.17, 15) is 32.4 Å². The van der Waals surface area contributed by atoms with E-state index >= 15 is 0 Å². The Kier molecular flexibility index (Phi) is 16.5. The smallest absolute Gasteiger partial charge is 0.408 e. The van der Waals surface area contributed by atoms with Crippen molar-refractivity contribution in [1.29, 1.82) is 0 Å². The van der Waals surface area contributed by atoms with Crippen LogP contribution in [-0.2, 0) is 33.8 Å². The molecule has 0 aromatic carbocycles. The molecule has 0 spiro atoms. The maximum absolute atomic E-state index is 13.7. The lowest BCUT2D eigenvalue weighted by molar-refractivity contribution is -0.144. The molecule has 1 heterocycles. The summed E-state index contributed by atoms with van der Waals surface area (Å²) in [5.74, 6) is -3.34. The second kappa shape index (κ2) is 17.7. The van der Waals surface area contributed by atoms with Gasteiger partial charge in [0, 0.05) is 13.1 Å². The molecule has 1 fully saturated rings. The van der Waals surface area contributed by atoms with Gasteiger partial charge in [-0.2, -0.15) is 0 Å². The van der Waals surface area contributed by atoms with Gasteiger partial charge in [-0.05, 0) is 72.6 Å². The highest BCUT2D eigenvalue weighted by molar-refractivity contribution is 7.92. The van der Waals surface area contributed by atoms with Gasteiger partial charge in [0.25, 0.3) is 5.91 Å². The SMILES string of the molecule is C=CCCC(NC(=O)[C@@H]1CCCN1C(=O)[C@@H](NC(=O)OC(C)(C)C)C(C)(C)C)C(=O)C(=O)NCCS(=O)(=O)C(C)(C)C.CCC. The maximum Gasteiger partial charge on any atom is 0.408 e. The summed E-state index contributed by atoms with van der Waals surface area (Å²) in [6.07, 6.45) is 3.31. The van der Waals surface area contributed by atoms with E-state index in [0.717, 1.165) is 0 Å². The van der Waals surface area contributed by atoms with Crippen molar-refractivity contribution in [3.8, 4) is 0 Å². The third-order valence-electron chi connectivity index (χ3n) is 6.72. The number of carbonyl (C=O) groups is 5. The molecule has 3 N–H and O–H groups in total. The molecule has 3 atom stereocenters. The number of nitrogens with one attached hydrogen (secondary N) is 3. The Balaban J connectivity index is 0.00000618. The first-order chi connectivity index (χ1) is 20.4. The minimum absolute atomic E-state index is 0.0905. The van der Waals surface area contributed by atoms with Gasteiger partial charge in [-0.15, -0.1) is 6.58 Å². The molecular weight excluding hydrogens is 600 g/mol. The van der Waals surface area contributed by atoms with Gasteiger partial charge in [0.15, 0.2) is 9.84 Å². The third-order valence-corrected chi connectivity index (χ3v) is 9.33. The number of rotatable bonds is 12. The first-order valence-electron chi connectivity index (χ1n) is 15.7. The van der Waals surface area contributed by atoms with Gasteiger partial charge in [-0.1, -0.05) is 47.1 Å². The standard InChI is InChI=1S/C29H50N4O8S.C3H8/c1-11-12-14-19(21(34)24(36)30-16-18-42(39,40)29(8,9)10)31-23(35)20-15-13-17-33(20)25(37)22(27(2,3)4)32-26(38)41-28(5,6)7;1-3-2/h11,19-20,22H,1,12-18H2,2-10H3,(H,30,36)(H,31,35)(H,32,38);3H2,1-2H3/t19?,20-,22+;/m0./s1. The van der Waals surface area contributed by atoms with E-state index in [-0.39, 0.29) is 25.3 Å². The van der Waals surface area contributed by atoms with Gasteiger partial charge in [0.05, 0.1) is 16.5 Å². The number of Topliss-reactive ketones (excluding diaryl/α,β-unsaturated/α-hetero) is 1. The average Bonchev–Trinajstić information content (AvgIpc) is 3.37. The van der Waals surface area contributed by atoms with Gasteiger partial charge in [-0.3, -0.25) is 19.2 Å². The molecule has 0 saturated carbocycles. The average molecular weight is 659 g/mol. The van der Waals surface area contributed by atoms with E-state index in [1.54, 1.807) is 68.4 Å². The monoisotopic (exact) mass is 658 g/mol. The molecule has 1 aliphatic rings. The van der Waals surface area contributed by atoms with Crippen LogP contribution < -0.4 is 16.0 Å². The van der Waals surface area contributed by atoms with Crippen molar-refractivity contribution in [2.24, 2.45) is 5.41 Å². The lowest BCUT2D eigenvalue weighted by atomic mass is 9.85. The summed E-state index contributed by atoms with van der Waals surface area (Å²) in [6.45, 7) is 23.0. The fourth-order valence-corrected chi connectivity index (χ4v) is 5.20. The highest BCUT2D eigenvalue weighted by atomic mass is 32.2. The first kappa shape index (κ1) is 42.0. The highest BCUT2D eigenvalue weighted by Crippen LogP contribution is 2.26. The fraction of sp³-hybridized carbons (Fsp3) is 0.781. The Morgan fingerprint density at radius 1 is 0.978 bits per heavy atom. The molecule has 1 aliphatic heterocycles. The minimum Gasteiger partial charge on any atom is -0.444 e. The lowest BCUT2D eigenvalue weighted by Gasteiger charge is -2.36. The van der Waals surface area contributed by atoms with Crippen molar-refractivity contribution in [3.63, 3.8) is 0 Å². The van der Waals surface area contributed by atoms with Gasteiger partial charge >= 0.3 is 6.09 Å². The Hall–Kier alpha value is -2.96. The molecule has 0 radical (unpaired) electrons. The van der Waals surface area contributed by atoms with Crippen molar-refractivity contribution < 1.29 is 37.1 Å². The Morgan fingerprint density at radius 3 is 2.00 bits per heavy atom. The second-order valence-electron chi connectivity index (χ2n) is 14.3. The molecule has 0 aliphatic carbocycles. The van der Waals surface area contributed by atoms with Crippen molar-refractivity contribution in [2.75, 3.05) is 18.8 Å². The molecule has 4 amide bonds. The largest absolute Gasteiger partial charge is 0.444 e. The molecule has 0 bridgehead atoms. The number of amides is 4. The number of carbonyl (C=O) groups excluding carboxylic acids is 5. The zero-order valence-electron chi connectivity index (χ0n) is 29.3. The van der Waals surface area contributed by atoms with Crippen molar-refractivity contribution in [1.82, 2.24) is 20.9 Å². The second-order valence-corrected chi connectivity index (χ2v) is 17.2. The van der Waals surface area contributed by atoms with Crippen LogP contribution in [0.25, 0.3) is 0 Å². The maximum atomic E-state index is 13.7. The third kappa shape index (κ3) is 14.3. The number of ether oxygens (including phenoxy) is 1. The van der Waals surface area contributed by atoms with Crippen LogP contribution in [0.15, 0.2) is 12.7 Å². The van der Waals surface area contributed by atoms with Crippen LogP contribution in [-0.4, -0.2) is 90.2 Å². The molecule has 0 aromatic heterocycles. The summed E-state index contributed by atoms with van der Waals surface area (Å²) < 4.78 is 29.0. The number of likely N-dealkylation sites (tertiary alicyclic amines) is 1. The predicted octanol–water partition coefficient (Wildman–Crippen LogP) is 3.68. The molecule has 0 aromatic rings. The van der Waals surface area contributed by atoms with Crippen LogP contribution >= 0.6 is 0 Å². The molecule has 1 rings (SSSR count). The number of allylic oxidation sites excluding steroid dienone is 1. The Bertz CT molecular complexity index is 1150. The van der Waals surface area contributed by atoms with Crippen LogP contribution in [0.4, 0.5) is 4.79 Å². The summed E-state index contributed by atoms with van der Waals surface area (Å²) in [5, 5.41) is 7.61. The number of nitrogens with zero attached hydrogens (tertiary/aromatic N) is 1. The van der Waals surface area contributed by atoms with Gasteiger partial charge in [0.2, 0.25) is 17.6 Å². The van der Waals surface area contributed by atoms with Crippen molar-refractivity contribution >= 4 is 39.4 Å². The van der Waals surface area contributed by atoms with Gasteiger partial charge in [0.1, 0.15) is 17.7 Å². The zero-order valence-corrected chi connectivity index (χ0v) is 30.1. The topological polar surface area (TPSA) is 168 Å². The number of sulfone groups is 1. The summed E-state index contributed by atoms with van der Waals surface area (Å²) in [6, 6.07) is -3.11. The molecular formula is C32H58N4O8S. The number of ketones is 1. The molecule has 12 nitrogen and oxygen atoms in total. The van der Waals surface area contributed by atoms with E-state index in [2.05, 4.69) is 36.4 Å². The zero-order chi connectivity index (χ0) is 35.4. The van der Waals surface area contributed by atoms with E-state index in [0.29, 0.717) is 19.3 Å². The lowest BCUT2D eigenvalue weighted by Crippen LogP contribution is -2.59. The number of hydrogen-bond acceptors (Lipinski definition) is 8. The minimum atomic E-state index is -3.51. The van der Waals surface area contributed by atoms with E-state index < -0.39 is 73.3 Å². The highest BCUT2D eigenvalue weighted by Gasteiger charge is 2.43. The van der Waals surface area contributed by atoms with Crippen LogP contribution in [0, 0.1) is 5.41 Å². The molecule has 45 heavy (non-hydrogen) atoms. The fourth-order valence-electron chi connectivity index (χ4n) is 4.21. The van der Waals surface area contributed by atoms with Gasteiger partial charge in [-0.25, -0.2) is 13.2 Å². The summed E-state index contributed by atoms with van der Waals surface area (Å²) >= 11 is 0. The van der Waals surface area contributed by atoms with Crippen LogP contribution in [0.2, 0.25) is 0 Å². The Labute approximate surface area is 270 Å². The van der Waals surface area contributed by atoms with Crippen LogP contribution in [0.3, 0.4) is 0 Å². The predicted molar refractivity (Wildman–Crippen MR) is 176 cm³/mol. The van der Waals surface area contributed by atoms with Crippen molar-refractivity contribution in [2.45, 2.75) is 137 Å². The van der Waals surface area contributed by atoms with Crippen LogP contribution in [0.5, 0.6) is 0 Å². The normalized spacial score (nSPS) is 16.8. The number of alkyl carbamates (subject to hydrolysis) is 1. The van der Waals surface area contributed by atoms with Crippen LogP contribution in [0.1, 0.15) is 108 Å². The molecule has 260 valence electrons. The summed E-state index contributed by atoms with van der Waals surface area (Å²) in [7, 11) is -3.51. The molecule has 1 saturated heterocycles. The Morgan fingerprint density at radius 2 is 1.53 bits per heavy atom. The number of hydrogen-bond donors (Lipinski definition) is 3. The van der Waals surface area contributed by atoms with Gasteiger partial charge < -0.3 is 25.6 Å². The first-order valence-corrected chi connectivity index (χ1v) is 17.3.